The van der Waals surface area contributed by atoms with Gasteiger partial charge in [0.25, 0.3) is 0 Å². The van der Waals surface area contributed by atoms with E-state index < -0.39 is 12.0 Å². The second kappa shape index (κ2) is 5.75. The van der Waals surface area contributed by atoms with Crippen LogP contribution in [0.2, 0.25) is 10.0 Å². The number of nitrogens with one attached hydrogen (secondary N) is 2. The third-order valence-corrected chi connectivity index (χ3v) is 2.52. The van der Waals surface area contributed by atoms with Crippen LogP contribution in [-0.4, -0.2) is 23.7 Å². The second-order valence-electron chi connectivity index (χ2n) is 3.07. The minimum absolute atomic E-state index is 0.00805. The van der Waals surface area contributed by atoms with Crippen LogP contribution in [0, 0.1) is 0 Å². The second-order valence-corrected chi connectivity index (χ2v) is 3.88. The average Bonchev–Trinajstić information content (AvgIpc) is 2.23. The fourth-order valence-corrected chi connectivity index (χ4v) is 1.64. The zero-order chi connectivity index (χ0) is 13.0. The number of hydrogen-bond donors (Lipinski definition) is 3. The zero-order valence-corrected chi connectivity index (χ0v) is 10.4. The molecule has 0 atom stereocenters. The summed E-state index contributed by atoms with van der Waals surface area (Å²) < 4.78 is 0. The Balaban J connectivity index is 3.16. The van der Waals surface area contributed by atoms with Crippen LogP contribution >= 0.6 is 23.2 Å². The average molecular weight is 277 g/mol. The Morgan fingerprint density at radius 2 is 1.88 bits per heavy atom. The molecule has 0 unspecified atom stereocenters. The molecular formula is C10H10Cl2N2O3. The van der Waals surface area contributed by atoms with Crippen LogP contribution in [0.4, 0.5) is 10.5 Å². The summed E-state index contributed by atoms with van der Waals surface area (Å²) in [6, 6.07) is 2.23. The standard InChI is InChI=1S/C10H10Cl2N2O3/c1-2-13-10(17)14-8-6(12)4-3-5(11)7(8)9(15)16/h3-4H,2H2,1H3,(H,15,16)(H2,13,14,17). The third kappa shape index (κ3) is 3.25. The van der Waals surface area contributed by atoms with Crippen LogP contribution in [-0.2, 0) is 0 Å². The maximum absolute atomic E-state index is 11.3. The van der Waals surface area contributed by atoms with Crippen molar-refractivity contribution in [1.29, 1.82) is 0 Å². The van der Waals surface area contributed by atoms with E-state index in [1.165, 1.54) is 12.1 Å². The molecule has 0 aromatic heterocycles. The number of rotatable bonds is 3. The highest BCUT2D eigenvalue weighted by molar-refractivity contribution is 6.38. The Kier molecular flexibility index (Phi) is 4.60. The topological polar surface area (TPSA) is 78.4 Å². The summed E-state index contributed by atoms with van der Waals surface area (Å²) in [4.78, 5) is 22.4. The molecule has 5 nitrogen and oxygen atoms in total. The van der Waals surface area contributed by atoms with Crippen LogP contribution < -0.4 is 10.6 Å². The van der Waals surface area contributed by atoms with E-state index in [0.717, 1.165) is 0 Å². The van der Waals surface area contributed by atoms with E-state index in [1.54, 1.807) is 6.92 Å². The van der Waals surface area contributed by atoms with Crippen molar-refractivity contribution in [2.24, 2.45) is 0 Å². The Hall–Kier alpha value is -1.46. The van der Waals surface area contributed by atoms with Crippen molar-refractivity contribution in [3.63, 3.8) is 0 Å². The summed E-state index contributed by atoms with van der Waals surface area (Å²) in [5.41, 5.74) is -0.247. The summed E-state index contributed by atoms with van der Waals surface area (Å²) in [5.74, 6) is -1.26. The number of aromatic carboxylic acids is 1. The van der Waals surface area contributed by atoms with Gasteiger partial charge in [0, 0.05) is 6.54 Å². The quantitative estimate of drug-likeness (QED) is 0.794. The number of anilines is 1. The van der Waals surface area contributed by atoms with E-state index in [4.69, 9.17) is 28.3 Å². The summed E-state index contributed by atoms with van der Waals surface area (Å²) in [6.45, 7) is 2.14. The van der Waals surface area contributed by atoms with Crippen LogP contribution in [0.15, 0.2) is 12.1 Å². The molecule has 2 amide bonds. The first-order chi connectivity index (χ1) is 7.97. The molecule has 1 rings (SSSR count). The molecule has 0 radical (unpaired) electrons. The molecule has 0 aliphatic heterocycles. The molecule has 0 saturated carbocycles. The maximum Gasteiger partial charge on any atom is 0.339 e. The molecule has 1 aromatic carbocycles. The van der Waals surface area contributed by atoms with Crippen LogP contribution in [0.25, 0.3) is 0 Å². The number of urea groups is 1. The highest BCUT2D eigenvalue weighted by atomic mass is 35.5. The van der Waals surface area contributed by atoms with Gasteiger partial charge in [-0.1, -0.05) is 23.2 Å². The number of halogens is 2. The van der Waals surface area contributed by atoms with Crippen LogP contribution in [0.1, 0.15) is 17.3 Å². The lowest BCUT2D eigenvalue weighted by Crippen LogP contribution is -2.29. The molecule has 0 aliphatic rings. The van der Waals surface area contributed by atoms with Crippen LogP contribution in [0.3, 0.4) is 0 Å². The Bertz CT molecular complexity index is 463. The summed E-state index contributed by atoms with van der Waals surface area (Å²) in [5, 5.41) is 13.9. The fraction of sp³-hybridized carbons (Fsp3) is 0.200. The monoisotopic (exact) mass is 276 g/mol. The van der Waals surface area contributed by atoms with Crippen molar-refractivity contribution in [3.8, 4) is 0 Å². The van der Waals surface area contributed by atoms with Gasteiger partial charge in [0.2, 0.25) is 0 Å². The van der Waals surface area contributed by atoms with E-state index in [-0.39, 0.29) is 21.3 Å². The van der Waals surface area contributed by atoms with Crippen molar-refractivity contribution in [3.05, 3.63) is 27.7 Å². The van der Waals surface area contributed by atoms with Gasteiger partial charge in [-0.25, -0.2) is 9.59 Å². The van der Waals surface area contributed by atoms with Crippen molar-refractivity contribution in [2.45, 2.75) is 6.92 Å². The molecule has 0 fully saturated rings. The number of carboxylic acids is 1. The Morgan fingerprint density at radius 3 is 2.41 bits per heavy atom. The van der Waals surface area contributed by atoms with E-state index in [1.807, 2.05) is 0 Å². The van der Waals surface area contributed by atoms with Gasteiger partial charge in [0.05, 0.1) is 15.7 Å². The van der Waals surface area contributed by atoms with E-state index in [2.05, 4.69) is 10.6 Å². The number of hydrogen-bond acceptors (Lipinski definition) is 2. The van der Waals surface area contributed by atoms with Gasteiger partial charge < -0.3 is 15.7 Å². The zero-order valence-electron chi connectivity index (χ0n) is 8.88. The molecule has 0 saturated heterocycles. The number of benzene rings is 1. The van der Waals surface area contributed by atoms with E-state index in [9.17, 15) is 9.59 Å². The summed E-state index contributed by atoms with van der Waals surface area (Å²) in [7, 11) is 0. The lowest BCUT2D eigenvalue weighted by Gasteiger charge is -2.11. The lowest BCUT2D eigenvalue weighted by molar-refractivity contribution is 0.0698. The number of carboxylic acid groups (broad SMARTS) is 1. The largest absolute Gasteiger partial charge is 0.478 e. The smallest absolute Gasteiger partial charge is 0.339 e. The Morgan fingerprint density at radius 1 is 1.29 bits per heavy atom. The fourth-order valence-electron chi connectivity index (χ4n) is 1.20. The first kappa shape index (κ1) is 13.6. The van der Waals surface area contributed by atoms with Crippen molar-refractivity contribution >= 4 is 40.9 Å². The third-order valence-electron chi connectivity index (χ3n) is 1.89. The van der Waals surface area contributed by atoms with Crippen molar-refractivity contribution in [1.82, 2.24) is 5.32 Å². The van der Waals surface area contributed by atoms with Gasteiger partial charge >= 0.3 is 12.0 Å². The van der Waals surface area contributed by atoms with Gasteiger partial charge in [-0.05, 0) is 19.1 Å². The molecule has 92 valence electrons. The minimum atomic E-state index is -1.26. The summed E-state index contributed by atoms with van der Waals surface area (Å²) in [6.07, 6.45) is 0. The van der Waals surface area contributed by atoms with E-state index in [0.29, 0.717) is 6.54 Å². The number of carbonyl (C=O) groups excluding carboxylic acids is 1. The van der Waals surface area contributed by atoms with Crippen molar-refractivity contribution < 1.29 is 14.7 Å². The predicted molar refractivity (Wildman–Crippen MR) is 66.1 cm³/mol. The van der Waals surface area contributed by atoms with E-state index >= 15 is 0 Å². The van der Waals surface area contributed by atoms with Crippen molar-refractivity contribution in [2.75, 3.05) is 11.9 Å². The summed E-state index contributed by atoms with van der Waals surface area (Å²) >= 11 is 11.6. The number of amides is 2. The predicted octanol–water partition coefficient (Wildman–Crippen LogP) is 2.83. The maximum atomic E-state index is 11.3. The molecular weight excluding hydrogens is 267 g/mol. The van der Waals surface area contributed by atoms with Gasteiger partial charge in [-0.2, -0.15) is 0 Å². The first-order valence-electron chi connectivity index (χ1n) is 4.73. The number of carbonyl (C=O) groups is 2. The highest BCUT2D eigenvalue weighted by Crippen LogP contribution is 2.31. The van der Waals surface area contributed by atoms with Gasteiger partial charge in [0.1, 0.15) is 5.56 Å². The molecule has 17 heavy (non-hydrogen) atoms. The Labute approximate surface area is 108 Å². The first-order valence-corrected chi connectivity index (χ1v) is 5.49. The minimum Gasteiger partial charge on any atom is -0.478 e. The molecule has 1 aromatic rings. The molecule has 7 heteroatoms. The van der Waals surface area contributed by atoms with Crippen LogP contribution in [0.5, 0.6) is 0 Å². The lowest BCUT2D eigenvalue weighted by atomic mass is 10.2. The van der Waals surface area contributed by atoms with Gasteiger partial charge in [-0.3, -0.25) is 0 Å². The molecule has 3 N–H and O–H groups in total. The molecule has 0 aliphatic carbocycles. The molecule has 0 heterocycles. The highest BCUT2D eigenvalue weighted by Gasteiger charge is 2.19. The van der Waals surface area contributed by atoms with Gasteiger partial charge in [-0.15, -0.1) is 0 Å². The van der Waals surface area contributed by atoms with Gasteiger partial charge in [0.15, 0.2) is 0 Å². The normalized spacial score (nSPS) is 9.82. The molecule has 0 bridgehead atoms. The SMILES string of the molecule is CCNC(=O)Nc1c(Cl)ccc(Cl)c1C(=O)O. The molecule has 0 spiro atoms.